The first-order chi connectivity index (χ1) is 10.3. The summed E-state index contributed by atoms with van der Waals surface area (Å²) < 4.78 is 5.11. The molecule has 0 bridgehead atoms. The van der Waals surface area contributed by atoms with Crippen LogP contribution in [0.15, 0.2) is 0 Å². The third-order valence-corrected chi connectivity index (χ3v) is 3.82. The lowest BCUT2D eigenvalue weighted by atomic mass is 9.97. The Kier molecular flexibility index (Phi) is 9.29. The molecule has 1 rings (SSSR count). The van der Waals surface area contributed by atoms with Crippen LogP contribution in [0.1, 0.15) is 52.4 Å². The third-order valence-electron chi connectivity index (χ3n) is 3.82. The number of carboxylic acid groups (broad SMARTS) is 1. The molecule has 8 heteroatoms. The van der Waals surface area contributed by atoms with Crippen molar-refractivity contribution >= 4 is 11.9 Å². The molecular formula is C15H31N2O6+. The summed E-state index contributed by atoms with van der Waals surface area (Å²) in [6, 6.07) is 0. The highest BCUT2D eigenvalue weighted by atomic mass is 16.7. The van der Waals surface area contributed by atoms with Gasteiger partial charge < -0.3 is 31.1 Å². The molecule has 0 aliphatic carbocycles. The van der Waals surface area contributed by atoms with Crippen LogP contribution in [0.25, 0.3) is 0 Å². The van der Waals surface area contributed by atoms with Crippen LogP contribution in [0.3, 0.4) is 0 Å². The molecule has 136 valence electrons. The molecule has 1 aliphatic heterocycles. The fraction of sp³-hybridized carbons (Fsp3) is 0.867. The number of aliphatic hydroxyl groups excluding tert-OH is 1. The van der Waals surface area contributed by atoms with E-state index in [9.17, 15) is 19.8 Å². The van der Waals surface area contributed by atoms with Gasteiger partial charge in [-0.25, -0.2) is 4.79 Å². The number of amides is 1. The summed E-state index contributed by atoms with van der Waals surface area (Å²) in [6.07, 6.45) is 0.911. The molecule has 23 heavy (non-hydrogen) atoms. The van der Waals surface area contributed by atoms with Gasteiger partial charge in [0.1, 0.15) is 6.10 Å². The number of rotatable bonds is 8. The summed E-state index contributed by atoms with van der Waals surface area (Å²) in [7, 11) is 0. The maximum Gasteiger partial charge on any atom is 0.364 e. The van der Waals surface area contributed by atoms with E-state index in [0.29, 0.717) is 13.1 Å². The molecule has 1 saturated heterocycles. The molecule has 0 aromatic rings. The van der Waals surface area contributed by atoms with E-state index in [4.69, 9.17) is 9.84 Å². The molecule has 8 nitrogen and oxygen atoms in total. The second kappa shape index (κ2) is 9.82. The van der Waals surface area contributed by atoms with Crippen molar-refractivity contribution < 1.29 is 29.6 Å². The lowest BCUT2D eigenvalue weighted by Gasteiger charge is -2.38. The molecule has 3 unspecified atom stereocenters. The van der Waals surface area contributed by atoms with Gasteiger partial charge in [0.15, 0.2) is 0 Å². The molecular weight excluding hydrogens is 304 g/mol. The number of ether oxygens (including phenoxy) is 1. The minimum atomic E-state index is -2.50. The number of aliphatic carboxylic acids is 1. The second-order valence-electron chi connectivity index (χ2n) is 5.82. The van der Waals surface area contributed by atoms with E-state index in [1.165, 1.54) is 0 Å². The van der Waals surface area contributed by atoms with Gasteiger partial charge in [-0.3, -0.25) is 4.79 Å². The van der Waals surface area contributed by atoms with Crippen molar-refractivity contribution in [1.82, 2.24) is 11.1 Å². The van der Waals surface area contributed by atoms with Crippen LogP contribution in [0.5, 0.6) is 0 Å². The molecule has 1 fully saturated rings. The summed E-state index contributed by atoms with van der Waals surface area (Å²) in [4.78, 5) is 25.3. The number of aliphatic hydroxyl groups is 2. The Bertz CT molecular complexity index is 384. The minimum Gasteiger partial charge on any atom is -0.477 e. The normalized spacial score (nSPS) is 27.1. The van der Waals surface area contributed by atoms with Crippen molar-refractivity contribution in [1.29, 1.82) is 0 Å². The Hall–Kier alpha value is -1.22. The van der Waals surface area contributed by atoms with Crippen molar-refractivity contribution in [3.8, 4) is 0 Å². The van der Waals surface area contributed by atoms with Crippen LogP contribution in [0, 0.1) is 0 Å². The zero-order valence-corrected chi connectivity index (χ0v) is 14.3. The van der Waals surface area contributed by atoms with Crippen LogP contribution in [0.2, 0.25) is 0 Å². The van der Waals surface area contributed by atoms with Gasteiger partial charge in [-0.2, -0.15) is 0 Å². The summed E-state index contributed by atoms with van der Waals surface area (Å²) in [6.45, 7) is 5.17. The lowest BCUT2D eigenvalue weighted by molar-refractivity contribution is -0.268. The Morgan fingerprint density at radius 1 is 1.22 bits per heavy atom. The van der Waals surface area contributed by atoms with Gasteiger partial charge in [0.25, 0.3) is 11.7 Å². The van der Waals surface area contributed by atoms with Crippen molar-refractivity contribution in [2.75, 3.05) is 13.1 Å². The molecule has 1 aliphatic rings. The lowest BCUT2D eigenvalue weighted by Crippen LogP contribution is -2.56. The highest BCUT2D eigenvalue weighted by Gasteiger charge is 2.48. The Morgan fingerprint density at radius 2 is 1.74 bits per heavy atom. The first kappa shape index (κ1) is 21.8. The van der Waals surface area contributed by atoms with Gasteiger partial charge in [0, 0.05) is 25.9 Å². The number of carbonyl (C=O) groups excluding carboxylic acids is 1. The highest BCUT2D eigenvalue weighted by Crippen LogP contribution is 2.28. The van der Waals surface area contributed by atoms with E-state index >= 15 is 0 Å². The average Bonchev–Trinajstić information content (AvgIpc) is 2.45. The molecule has 3 atom stereocenters. The number of hydrogen-bond donors (Lipinski definition) is 4. The van der Waals surface area contributed by atoms with Crippen molar-refractivity contribution in [3.05, 3.63) is 0 Å². The number of hydrogen-bond acceptors (Lipinski definition) is 5. The second-order valence-corrected chi connectivity index (χ2v) is 5.82. The maximum absolute atomic E-state index is 12.6. The monoisotopic (exact) mass is 335 g/mol. The fourth-order valence-electron chi connectivity index (χ4n) is 2.50. The Morgan fingerprint density at radius 3 is 2.17 bits per heavy atom. The number of quaternary nitrogens is 1. The molecule has 1 amide bonds. The van der Waals surface area contributed by atoms with E-state index in [1.54, 1.807) is 4.90 Å². The quantitative estimate of drug-likeness (QED) is 0.523. The van der Waals surface area contributed by atoms with Gasteiger partial charge in [0.05, 0.1) is 6.10 Å². The molecule has 0 spiro atoms. The standard InChI is InChI=1S/C15H27NO6.H3N/c1-3-5-7-16(8-6-4-2)13(18)12-9-11(17)10-15(21,22-12)14(19)20;/h11-12,17,21H,3-10H2,1-2H3,(H,19,20);1H3/p+1. The van der Waals surface area contributed by atoms with Crippen LogP contribution in [0.4, 0.5) is 0 Å². The first-order valence-electron chi connectivity index (χ1n) is 7.94. The third kappa shape index (κ3) is 6.06. The van der Waals surface area contributed by atoms with E-state index in [0.717, 1.165) is 25.7 Å². The van der Waals surface area contributed by atoms with Crippen LogP contribution in [-0.2, 0) is 14.3 Å². The zero-order chi connectivity index (χ0) is 16.8. The van der Waals surface area contributed by atoms with E-state index in [-0.39, 0.29) is 18.5 Å². The van der Waals surface area contributed by atoms with Gasteiger partial charge in [-0.15, -0.1) is 0 Å². The largest absolute Gasteiger partial charge is 0.477 e. The van der Waals surface area contributed by atoms with Crippen LogP contribution < -0.4 is 6.15 Å². The van der Waals surface area contributed by atoms with Crippen molar-refractivity contribution in [2.45, 2.75) is 70.4 Å². The number of carbonyl (C=O) groups is 2. The van der Waals surface area contributed by atoms with Crippen molar-refractivity contribution in [3.63, 3.8) is 0 Å². The van der Waals surface area contributed by atoms with E-state index < -0.39 is 30.4 Å². The number of carboxylic acids is 1. The van der Waals surface area contributed by atoms with Gasteiger partial charge in [-0.05, 0) is 12.8 Å². The number of nitrogens with zero attached hydrogens (tertiary/aromatic N) is 1. The topological polar surface area (TPSA) is 144 Å². The smallest absolute Gasteiger partial charge is 0.364 e. The van der Waals surface area contributed by atoms with E-state index in [2.05, 4.69) is 0 Å². The van der Waals surface area contributed by atoms with Gasteiger partial charge in [0.2, 0.25) is 0 Å². The van der Waals surface area contributed by atoms with Crippen molar-refractivity contribution in [2.24, 2.45) is 0 Å². The molecule has 0 aromatic carbocycles. The first-order valence-corrected chi connectivity index (χ1v) is 7.94. The Labute approximate surface area is 137 Å². The summed E-state index contributed by atoms with van der Waals surface area (Å²) in [5.74, 6) is -4.45. The fourth-order valence-corrected chi connectivity index (χ4v) is 2.50. The molecule has 1 heterocycles. The zero-order valence-electron chi connectivity index (χ0n) is 14.3. The highest BCUT2D eigenvalue weighted by molar-refractivity contribution is 5.82. The SMILES string of the molecule is CCCCN(CCCC)C(=O)C1CC(O)CC(O)(C(=O)O)O1.[NH4+]. The van der Waals surface area contributed by atoms with Crippen LogP contribution in [-0.4, -0.2) is 63.2 Å². The van der Waals surface area contributed by atoms with E-state index in [1.807, 2.05) is 13.8 Å². The van der Waals surface area contributed by atoms with Gasteiger partial charge >= 0.3 is 5.97 Å². The van der Waals surface area contributed by atoms with Crippen LogP contribution >= 0.6 is 0 Å². The molecule has 7 N–H and O–H groups in total. The summed E-state index contributed by atoms with van der Waals surface area (Å²) in [5, 5.41) is 28.7. The minimum absolute atomic E-state index is 0. The molecule has 0 radical (unpaired) electrons. The van der Waals surface area contributed by atoms with Gasteiger partial charge in [-0.1, -0.05) is 26.7 Å². The number of unbranched alkanes of at least 4 members (excludes halogenated alkanes) is 2. The Balaban J connectivity index is 0.00000484. The predicted octanol–water partition coefficient (Wildman–Crippen LogP) is 1.10. The predicted molar refractivity (Wildman–Crippen MR) is 85.1 cm³/mol. The molecule has 0 aromatic heterocycles. The molecule has 0 saturated carbocycles. The summed E-state index contributed by atoms with van der Waals surface area (Å²) in [5.41, 5.74) is 0. The summed E-state index contributed by atoms with van der Waals surface area (Å²) >= 11 is 0. The average molecular weight is 335 g/mol. The maximum atomic E-state index is 12.6.